The zero-order chi connectivity index (χ0) is 13.0. The van der Waals surface area contributed by atoms with Crippen LogP contribution in [-0.4, -0.2) is 49.0 Å². The first-order valence-electron chi connectivity index (χ1n) is 6.33. The number of morpholine rings is 1. The van der Waals surface area contributed by atoms with E-state index in [2.05, 4.69) is 17.9 Å². The first-order valence-corrected chi connectivity index (χ1v) is 6.33. The molecule has 1 aliphatic heterocycles. The highest BCUT2D eigenvalue weighted by molar-refractivity contribution is 5.33. The Morgan fingerprint density at radius 2 is 2.22 bits per heavy atom. The van der Waals surface area contributed by atoms with Crippen LogP contribution in [0.5, 0.6) is 5.75 Å². The number of aliphatic hydroxyl groups excluding tert-OH is 1. The molecule has 1 N–H and O–H groups in total. The largest absolute Gasteiger partial charge is 0.496 e. The lowest BCUT2D eigenvalue weighted by molar-refractivity contribution is -0.0806. The molecule has 0 bridgehead atoms. The van der Waals surface area contributed by atoms with Gasteiger partial charge in [0.15, 0.2) is 0 Å². The Kier molecular flexibility index (Phi) is 4.58. The second kappa shape index (κ2) is 6.18. The topological polar surface area (TPSA) is 41.9 Å². The summed E-state index contributed by atoms with van der Waals surface area (Å²) < 4.78 is 10.9. The second-order valence-corrected chi connectivity index (χ2v) is 4.73. The van der Waals surface area contributed by atoms with E-state index < -0.39 is 0 Å². The number of benzene rings is 1. The molecule has 0 spiro atoms. The van der Waals surface area contributed by atoms with E-state index in [0.717, 1.165) is 18.8 Å². The van der Waals surface area contributed by atoms with Crippen molar-refractivity contribution in [1.29, 1.82) is 0 Å². The molecule has 2 rings (SSSR count). The standard InChI is InChI=1S/C14H21NO3/c1-11-10-18-13(9-16)8-15(11)7-12-5-3-4-6-14(12)17-2/h3-6,11,13,16H,7-10H2,1-2H3. The molecule has 1 fully saturated rings. The van der Waals surface area contributed by atoms with Gasteiger partial charge in [-0.15, -0.1) is 0 Å². The van der Waals surface area contributed by atoms with Gasteiger partial charge in [-0.25, -0.2) is 0 Å². The molecule has 1 heterocycles. The predicted octanol–water partition coefficient (Wildman–Crippen LogP) is 1.28. The lowest BCUT2D eigenvalue weighted by Gasteiger charge is -2.37. The summed E-state index contributed by atoms with van der Waals surface area (Å²) in [5.74, 6) is 0.914. The van der Waals surface area contributed by atoms with Crippen LogP contribution in [0.3, 0.4) is 0 Å². The first-order chi connectivity index (χ1) is 8.74. The van der Waals surface area contributed by atoms with E-state index in [-0.39, 0.29) is 12.7 Å². The molecule has 0 amide bonds. The third-order valence-electron chi connectivity index (χ3n) is 3.40. The van der Waals surface area contributed by atoms with Crippen molar-refractivity contribution >= 4 is 0 Å². The fraction of sp³-hybridized carbons (Fsp3) is 0.571. The predicted molar refractivity (Wildman–Crippen MR) is 69.7 cm³/mol. The van der Waals surface area contributed by atoms with E-state index in [1.165, 1.54) is 5.56 Å². The normalized spacial score (nSPS) is 25.1. The maximum Gasteiger partial charge on any atom is 0.123 e. The summed E-state index contributed by atoms with van der Waals surface area (Å²) >= 11 is 0. The molecule has 1 saturated heterocycles. The van der Waals surface area contributed by atoms with E-state index in [4.69, 9.17) is 9.47 Å². The molecule has 18 heavy (non-hydrogen) atoms. The highest BCUT2D eigenvalue weighted by Gasteiger charge is 2.26. The summed E-state index contributed by atoms with van der Waals surface area (Å²) in [6.07, 6.45) is -0.0732. The number of nitrogens with zero attached hydrogens (tertiary/aromatic N) is 1. The summed E-state index contributed by atoms with van der Waals surface area (Å²) in [6.45, 7) is 4.47. The van der Waals surface area contributed by atoms with Crippen molar-refractivity contribution in [2.45, 2.75) is 25.6 Å². The van der Waals surface area contributed by atoms with Gasteiger partial charge in [0.1, 0.15) is 5.75 Å². The molecule has 0 aromatic heterocycles. The monoisotopic (exact) mass is 251 g/mol. The zero-order valence-electron chi connectivity index (χ0n) is 11.0. The Bertz CT molecular complexity index is 383. The van der Waals surface area contributed by atoms with Gasteiger partial charge in [0, 0.05) is 24.7 Å². The number of hydrogen-bond acceptors (Lipinski definition) is 4. The molecular weight excluding hydrogens is 230 g/mol. The number of hydrogen-bond donors (Lipinski definition) is 1. The van der Waals surface area contributed by atoms with Crippen LogP contribution in [0.15, 0.2) is 24.3 Å². The molecule has 2 atom stereocenters. The number of methoxy groups -OCH3 is 1. The van der Waals surface area contributed by atoms with E-state index in [0.29, 0.717) is 12.6 Å². The molecule has 0 aliphatic carbocycles. The minimum Gasteiger partial charge on any atom is -0.496 e. The number of aliphatic hydroxyl groups is 1. The quantitative estimate of drug-likeness (QED) is 0.875. The van der Waals surface area contributed by atoms with Crippen LogP contribution in [0.1, 0.15) is 12.5 Å². The summed E-state index contributed by atoms with van der Waals surface area (Å²) in [6, 6.07) is 8.41. The van der Waals surface area contributed by atoms with Crippen molar-refractivity contribution in [2.24, 2.45) is 0 Å². The van der Waals surface area contributed by atoms with Crippen LogP contribution in [0.4, 0.5) is 0 Å². The zero-order valence-corrected chi connectivity index (χ0v) is 11.0. The third kappa shape index (κ3) is 3.02. The smallest absolute Gasteiger partial charge is 0.123 e. The summed E-state index contributed by atoms with van der Waals surface area (Å²) in [5.41, 5.74) is 1.17. The van der Waals surface area contributed by atoms with Crippen LogP contribution < -0.4 is 4.74 Å². The van der Waals surface area contributed by atoms with Gasteiger partial charge < -0.3 is 14.6 Å². The van der Waals surface area contributed by atoms with E-state index in [1.54, 1.807) is 7.11 Å². The fourth-order valence-corrected chi connectivity index (χ4v) is 2.26. The Morgan fingerprint density at radius 1 is 1.44 bits per heavy atom. The van der Waals surface area contributed by atoms with Gasteiger partial charge in [-0.05, 0) is 13.0 Å². The highest BCUT2D eigenvalue weighted by atomic mass is 16.5. The lowest BCUT2D eigenvalue weighted by atomic mass is 10.1. The molecular formula is C14H21NO3. The molecule has 1 aromatic carbocycles. The van der Waals surface area contributed by atoms with Crippen molar-refractivity contribution in [1.82, 2.24) is 4.90 Å². The van der Waals surface area contributed by atoms with E-state index >= 15 is 0 Å². The van der Waals surface area contributed by atoms with Gasteiger partial charge in [0.2, 0.25) is 0 Å². The Morgan fingerprint density at radius 3 is 2.94 bits per heavy atom. The highest BCUT2D eigenvalue weighted by Crippen LogP contribution is 2.22. The molecule has 0 saturated carbocycles. The molecule has 2 unspecified atom stereocenters. The van der Waals surface area contributed by atoms with Gasteiger partial charge in [0.05, 0.1) is 26.4 Å². The molecule has 100 valence electrons. The van der Waals surface area contributed by atoms with Crippen LogP contribution in [0.25, 0.3) is 0 Å². The minimum atomic E-state index is -0.0732. The number of para-hydroxylation sites is 1. The molecule has 1 aromatic rings. The number of rotatable bonds is 4. The SMILES string of the molecule is COc1ccccc1CN1CC(CO)OCC1C. The van der Waals surface area contributed by atoms with Gasteiger partial charge in [-0.2, -0.15) is 0 Å². The lowest BCUT2D eigenvalue weighted by Crippen LogP contribution is -2.48. The van der Waals surface area contributed by atoms with Crippen LogP contribution in [0, 0.1) is 0 Å². The maximum atomic E-state index is 9.19. The summed E-state index contributed by atoms with van der Waals surface area (Å²) in [5, 5.41) is 9.19. The van der Waals surface area contributed by atoms with Crippen molar-refractivity contribution in [3.8, 4) is 5.75 Å². The molecule has 4 nitrogen and oxygen atoms in total. The van der Waals surface area contributed by atoms with Gasteiger partial charge in [-0.3, -0.25) is 4.90 Å². The van der Waals surface area contributed by atoms with Crippen molar-refractivity contribution < 1.29 is 14.6 Å². The van der Waals surface area contributed by atoms with Crippen molar-refractivity contribution in [3.63, 3.8) is 0 Å². The molecule has 4 heteroatoms. The van der Waals surface area contributed by atoms with Crippen molar-refractivity contribution in [3.05, 3.63) is 29.8 Å². The third-order valence-corrected chi connectivity index (χ3v) is 3.40. The van der Waals surface area contributed by atoms with Crippen LogP contribution >= 0.6 is 0 Å². The minimum absolute atomic E-state index is 0.0732. The van der Waals surface area contributed by atoms with Gasteiger partial charge >= 0.3 is 0 Å². The summed E-state index contributed by atoms with van der Waals surface area (Å²) in [7, 11) is 1.69. The molecule has 0 radical (unpaired) electrons. The Balaban J connectivity index is 2.07. The van der Waals surface area contributed by atoms with Crippen molar-refractivity contribution in [2.75, 3.05) is 26.9 Å². The summed E-state index contributed by atoms with van der Waals surface area (Å²) in [4.78, 5) is 2.32. The van der Waals surface area contributed by atoms with E-state index in [9.17, 15) is 5.11 Å². The number of ether oxygens (including phenoxy) is 2. The van der Waals surface area contributed by atoms with Crippen LogP contribution in [0.2, 0.25) is 0 Å². The average Bonchev–Trinajstić information content (AvgIpc) is 2.42. The van der Waals surface area contributed by atoms with Crippen LogP contribution in [-0.2, 0) is 11.3 Å². The molecule has 1 aliphatic rings. The fourth-order valence-electron chi connectivity index (χ4n) is 2.26. The first kappa shape index (κ1) is 13.3. The van der Waals surface area contributed by atoms with E-state index in [1.807, 2.05) is 18.2 Å². The van der Waals surface area contributed by atoms with Gasteiger partial charge in [0.25, 0.3) is 0 Å². The Hall–Kier alpha value is -1.10. The Labute approximate surface area is 108 Å². The maximum absolute atomic E-state index is 9.19. The van der Waals surface area contributed by atoms with Gasteiger partial charge in [-0.1, -0.05) is 18.2 Å². The average molecular weight is 251 g/mol. The second-order valence-electron chi connectivity index (χ2n) is 4.73.